The van der Waals surface area contributed by atoms with Gasteiger partial charge >= 0.3 is 0 Å². The summed E-state index contributed by atoms with van der Waals surface area (Å²) in [5, 5.41) is 12.2. The van der Waals surface area contributed by atoms with Crippen LogP contribution in [0.3, 0.4) is 0 Å². The van der Waals surface area contributed by atoms with Gasteiger partial charge in [-0.25, -0.2) is 0 Å². The van der Waals surface area contributed by atoms with Gasteiger partial charge < -0.3 is 15.3 Å². The Morgan fingerprint density at radius 3 is 2.28 bits per heavy atom. The van der Waals surface area contributed by atoms with Gasteiger partial charge in [0.25, 0.3) is 5.91 Å². The molecule has 1 atom stereocenters. The third-order valence-electron chi connectivity index (χ3n) is 5.40. The number of amides is 1. The van der Waals surface area contributed by atoms with Gasteiger partial charge in [0.2, 0.25) is 0 Å². The lowest BCUT2D eigenvalue weighted by Crippen LogP contribution is -2.49. The molecule has 0 saturated carbocycles. The van der Waals surface area contributed by atoms with Crippen LogP contribution in [0.15, 0.2) is 24.3 Å². The summed E-state index contributed by atoms with van der Waals surface area (Å²) in [5.41, 5.74) is 1.48. The lowest BCUT2D eigenvalue weighted by molar-refractivity contribution is 0.0886. The fourth-order valence-electron chi connectivity index (χ4n) is 3.24. The quantitative estimate of drug-likeness (QED) is 0.796. The van der Waals surface area contributed by atoms with E-state index in [-0.39, 0.29) is 18.1 Å². The van der Waals surface area contributed by atoms with E-state index in [0.29, 0.717) is 18.0 Å². The Bertz CT molecular complexity index is 551. The number of aliphatic hydroxyl groups is 1. The number of benzene rings is 1. The van der Waals surface area contributed by atoms with Crippen molar-refractivity contribution in [1.82, 2.24) is 10.2 Å². The number of carbonyl (C=O) groups excluding carboxylic acids is 1. The summed E-state index contributed by atoms with van der Waals surface area (Å²) in [5.74, 6) is -0.0750. The molecule has 1 amide bonds. The van der Waals surface area contributed by atoms with Crippen molar-refractivity contribution < 1.29 is 9.90 Å². The van der Waals surface area contributed by atoms with Crippen LogP contribution in [-0.2, 0) is 0 Å². The van der Waals surface area contributed by atoms with Crippen molar-refractivity contribution in [1.29, 1.82) is 0 Å². The molecule has 0 radical (unpaired) electrons. The normalized spacial score (nSPS) is 18.2. The smallest absolute Gasteiger partial charge is 0.251 e. The third kappa shape index (κ3) is 5.19. The maximum atomic E-state index is 12.5. The Morgan fingerprint density at radius 1 is 1.20 bits per heavy atom. The summed E-state index contributed by atoms with van der Waals surface area (Å²) >= 11 is 0. The van der Waals surface area contributed by atoms with Crippen molar-refractivity contribution in [3.05, 3.63) is 29.8 Å². The molecule has 140 valence electrons. The zero-order valence-corrected chi connectivity index (χ0v) is 16.1. The van der Waals surface area contributed by atoms with Crippen LogP contribution < -0.4 is 10.2 Å². The van der Waals surface area contributed by atoms with Gasteiger partial charge in [-0.15, -0.1) is 0 Å². The molecule has 0 aliphatic carbocycles. The second-order valence-corrected chi connectivity index (χ2v) is 7.51. The van der Waals surface area contributed by atoms with E-state index < -0.39 is 0 Å². The van der Waals surface area contributed by atoms with Crippen molar-refractivity contribution in [2.75, 3.05) is 37.7 Å². The molecule has 1 heterocycles. The van der Waals surface area contributed by atoms with Crippen LogP contribution in [0, 0.1) is 0 Å². The monoisotopic (exact) mass is 347 g/mol. The number of nitrogens with one attached hydrogen (secondary N) is 1. The summed E-state index contributed by atoms with van der Waals surface area (Å²) in [6, 6.07) is 8.47. The second-order valence-electron chi connectivity index (χ2n) is 7.51. The number of hydrogen-bond acceptors (Lipinski definition) is 4. The summed E-state index contributed by atoms with van der Waals surface area (Å²) in [4.78, 5) is 17.4. The Kier molecular flexibility index (Phi) is 6.85. The first-order valence-electron chi connectivity index (χ1n) is 9.41. The topological polar surface area (TPSA) is 55.8 Å². The molecule has 1 unspecified atom stereocenters. The minimum absolute atomic E-state index is 0.0750. The second kappa shape index (κ2) is 8.68. The molecule has 0 aromatic heterocycles. The molecule has 1 aromatic carbocycles. The van der Waals surface area contributed by atoms with E-state index in [9.17, 15) is 9.90 Å². The van der Waals surface area contributed by atoms with E-state index in [1.807, 2.05) is 38.1 Å². The van der Waals surface area contributed by atoms with Crippen molar-refractivity contribution in [3.63, 3.8) is 0 Å². The largest absolute Gasteiger partial charge is 0.396 e. The van der Waals surface area contributed by atoms with Gasteiger partial charge in [-0.05, 0) is 57.9 Å². The number of piperazine rings is 1. The molecule has 2 N–H and O–H groups in total. The highest BCUT2D eigenvalue weighted by atomic mass is 16.3. The van der Waals surface area contributed by atoms with Crippen LogP contribution in [0.25, 0.3) is 0 Å². The van der Waals surface area contributed by atoms with E-state index >= 15 is 0 Å². The maximum absolute atomic E-state index is 12.5. The number of rotatable bonds is 7. The lowest BCUT2D eigenvalue weighted by atomic mass is 9.94. The van der Waals surface area contributed by atoms with Crippen LogP contribution in [-0.4, -0.2) is 60.3 Å². The fraction of sp³-hybridized carbons (Fsp3) is 0.650. The first-order valence-corrected chi connectivity index (χ1v) is 9.41. The predicted octanol–water partition coefficient (Wildman–Crippen LogP) is 2.50. The van der Waals surface area contributed by atoms with Gasteiger partial charge in [-0.1, -0.05) is 6.92 Å². The van der Waals surface area contributed by atoms with Crippen LogP contribution in [0.1, 0.15) is 50.9 Å². The summed E-state index contributed by atoms with van der Waals surface area (Å²) < 4.78 is 0. The van der Waals surface area contributed by atoms with Gasteiger partial charge in [0.05, 0.1) is 0 Å². The maximum Gasteiger partial charge on any atom is 0.251 e. The lowest BCUT2D eigenvalue weighted by Gasteiger charge is -2.38. The first-order chi connectivity index (χ1) is 11.9. The molecular formula is C20H33N3O2. The average Bonchev–Trinajstić information content (AvgIpc) is 2.62. The van der Waals surface area contributed by atoms with Gasteiger partial charge in [0, 0.05) is 55.6 Å². The van der Waals surface area contributed by atoms with E-state index in [4.69, 9.17) is 0 Å². The van der Waals surface area contributed by atoms with E-state index in [0.717, 1.165) is 32.6 Å². The molecule has 1 aliphatic heterocycles. The fourth-order valence-corrected chi connectivity index (χ4v) is 3.24. The molecule has 2 rings (SSSR count). The molecule has 5 heteroatoms. The van der Waals surface area contributed by atoms with E-state index in [1.165, 1.54) is 5.69 Å². The first kappa shape index (κ1) is 19.7. The molecule has 25 heavy (non-hydrogen) atoms. The zero-order chi connectivity index (χ0) is 18.4. The number of nitrogens with zero attached hydrogens (tertiary/aromatic N) is 2. The van der Waals surface area contributed by atoms with Crippen molar-refractivity contribution in [2.45, 2.75) is 52.1 Å². The molecule has 1 aromatic rings. The molecular weight excluding hydrogens is 314 g/mol. The van der Waals surface area contributed by atoms with Gasteiger partial charge in [0.15, 0.2) is 0 Å². The van der Waals surface area contributed by atoms with Crippen molar-refractivity contribution >= 4 is 11.6 Å². The molecule has 1 saturated heterocycles. The predicted molar refractivity (Wildman–Crippen MR) is 103 cm³/mol. The standard InChI is InChI=1S/C20H33N3O2/c1-5-20(4,10-15-24)21-19(25)17-6-8-18(9-7-17)23-13-11-22(12-14-23)16(2)3/h6-9,16,24H,5,10-15H2,1-4H3,(H,21,25). The summed E-state index contributed by atoms with van der Waals surface area (Å²) in [7, 11) is 0. The van der Waals surface area contributed by atoms with Gasteiger partial charge in [0.1, 0.15) is 0 Å². The van der Waals surface area contributed by atoms with E-state index in [1.54, 1.807) is 0 Å². The summed E-state index contributed by atoms with van der Waals surface area (Å²) in [6.45, 7) is 12.8. The summed E-state index contributed by atoms with van der Waals surface area (Å²) in [6.07, 6.45) is 1.35. The van der Waals surface area contributed by atoms with Crippen LogP contribution in [0.5, 0.6) is 0 Å². The van der Waals surface area contributed by atoms with Crippen LogP contribution in [0.4, 0.5) is 5.69 Å². The molecule has 0 bridgehead atoms. The molecule has 5 nitrogen and oxygen atoms in total. The Labute approximate surface area is 152 Å². The zero-order valence-electron chi connectivity index (χ0n) is 16.1. The number of hydrogen-bond donors (Lipinski definition) is 2. The van der Waals surface area contributed by atoms with Crippen LogP contribution >= 0.6 is 0 Å². The minimum Gasteiger partial charge on any atom is -0.396 e. The SMILES string of the molecule is CCC(C)(CCO)NC(=O)c1ccc(N2CCN(C(C)C)CC2)cc1. The Morgan fingerprint density at radius 2 is 1.80 bits per heavy atom. The van der Waals surface area contributed by atoms with Gasteiger partial charge in [-0.3, -0.25) is 9.69 Å². The number of aliphatic hydroxyl groups excluding tert-OH is 1. The molecule has 0 spiro atoms. The highest BCUT2D eigenvalue weighted by Gasteiger charge is 2.24. The minimum atomic E-state index is -0.363. The molecule has 1 fully saturated rings. The Balaban J connectivity index is 1.97. The van der Waals surface area contributed by atoms with Crippen molar-refractivity contribution in [3.8, 4) is 0 Å². The Hall–Kier alpha value is -1.59. The van der Waals surface area contributed by atoms with Crippen molar-refractivity contribution in [2.24, 2.45) is 0 Å². The van der Waals surface area contributed by atoms with Crippen LogP contribution in [0.2, 0.25) is 0 Å². The molecule has 1 aliphatic rings. The van der Waals surface area contributed by atoms with E-state index in [2.05, 4.69) is 29.0 Å². The highest BCUT2D eigenvalue weighted by Crippen LogP contribution is 2.20. The third-order valence-corrected chi connectivity index (χ3v) is 5.40. The highest BCUT2D eigenvalue weighted by molar-refractivity contribution is 5.95. The number of anilines is 1. The van der Waals surface area contributed by atoms with Gasteiger partial charge in [-0.2, -0.15) is 0 Å². The average molecular weight is 348 g/mol. The number of carbonyl (C=O) groups is 1.